The number of fused-ring (bicyclic) bond motifs is 1. The highest BCUT2D eigenvalue weighted by Crippen LogP contribution is 2.43. The van der Waals surface area contributed by atoms with E-state index >= 15 is 0 Å². The number of nitrogens with one attached hydrogen (secondary N) is 1. The Hall–Kier alpha value is -3.33. The van der Waals surface area contributed by atoms with Crippen LogP contribution in [-0.4, -0.2) is 33.9 Å². The van der Waals surface area contributed by atoms with Crippen LogP contribution in [-0.2, 0) is 16.1 Å². The number of anilines is 1. The second kappa shape index (κ2) is 11.4. The van der Waals surface area contributed by atoms with Gasteiger partial charge in [0.15, 0.2) is 11.5 Å². The minimum absolute atomic E-state index is 0.364. The summed E-state index contributed by atoms with van der Waals surface area (Å²) in [6.07, 6.45) is 3.21. The van der Waals surface area contributed by atoms with E-state index in [1.165, 1.54) is 6.33 Å². The van der Waals surface area contributed by atoms with Crippen LogP contribution in [0.4, 0.5) is 5.95 Å². The van der Waals surface area contributed by atoms with Crippen molar-refractivity contribution in [3.63, 3.8) is 0 Å². The maximum Gasteiger partial charge on any atom is 0.338 e. The van der Waals surface area contributed by atoms with Crippen LogP contribution in [0.2, 0.25) is 0 Å². The summed E-state index contributed by atoms with van der Waals surface area (Å²) in [4.78, 5) is 17.5. The van der Waals surface area contributed by atoms with Gasteiger partial charge in [0.05, 0.1) is 23.3 Å². The second-order valence-electron chi connectivity index (χ2n) is 8.12. The molecule has 0 radical (unpaired) electrons. The lowest BCUT2D eigenvalue weighted by Gasteiger charge is -2.29. The van der Waals surface area contributed by atoms with Crippen molar-refractivity contribution in [1.82, 2.24) is 14.8 Å². The van der Waals surface area contributed by atoms with E-state index in [1.54, 1.807) is 4.68 Å². The number of hydrogen-bond acceptors (Lipinski definition) is 7. The number of hydrogen-bond donors (Lipinski definition) is 1. The van der Waals surface area contributed by atoms with Gasteiger partial charge in [0.25, 0.3) is 0 Å². The highest BCUT2D eigenvalue weighted by Gasteiger charge is 2.35. The van der Waals surface area contributed by atoms with Crippen molar-refractivity contribution in [1.29, 1.82) is 0 Å². The molecule has 0 bridgehead atoms. The predicted octanol–water partition coefficient (Wildman–Crippen LogP) is 5.65. The van der Waals surface area contributed by atoms with Gasteiger partial charge < -0.3 is 19.5 Å². The van der Waals surface area contributed by atoms with Gasteiger partial charge in [0.2, 0.25) is 5.95 Å². The molecule has 8 nitrogen and oxygen atoms in total. The molecule has 1 aliphatic heterocycles. The zero-order valence-corrected chi connectivity index (χ0v) is 21.7. The van der Waals surface area contributed by atoms with Crippen LogP contribution in [0, 0.1) is 0 Å². The quantitative estimate of drug-likeness (QED) is 0.262. The Morgan fingerprint density at radius 3 is 2.71 bits per heavy atom. The lowest BCUT2D eigenvalue weighted by Crippen LogP contribution is -2.30. The number of nitrogens with zero attached hydrogens (tertiary/aromatic N) is 3. The van der Waals surface area contributed by atoms with Gasteiger partial charge in [0.1, 0.15) is 19.0 Å². The van der Waals surface area contributed by atoms with Crippen LogP contribution in [0.3, 0.4) is 0 Å². The minimum Gasteiger partial charge on any atom is -0.490 e. The predicted molar refractivity (Wildman–Crippen MR) is 136 cm³/mol. The van der Waals surface area contributed by atoms with Crippen molar-refractivity contribution in [3.05, 3.63) is 75.7 Å². The normalized spacial score (nSPS) is 14.8. The lowest BCUT2D eigenvalue weighted by atomic mass is 9.95. The van der Waals surface area contributed by atoms with Crippen LogP contribution in [0.1, 0.15) is 50.8 Å². The molecule has 0 amide bonds. The number of allylic oxidation sites excluding steroid dienone is 1. The summed E-state index contributed by atoms with van der Waals surface area (Å²) in [5.41, 5.74) is 3.00. The third-order valence-corrected chi connectivity index (χ3v) is 6.21. The minimum atomic E-state index is -0.540. The molecule has 0 saturated carbocycles. The van der Waals surface area contributed by atoms with E-state index in [9.17, 15) is 4.79 Å². The molecule has 4 rings (SSSR count). The second-order valence-corrected chi connectivity index (χ2v) is 8.98. The first-order valence-electron chi connectivity index (χ1n) is 11.7. The number of ether oxygens (including phenoxy) is 3. The molecule has 9 heteroatoms. The van der Waals surface area contributed by atoms with Crippen LogP contribution in [0.15, 0.2) is 64.5 Å². The number of carbonyl (C=O) groups excluding carboxylic acids is 1. The number of esters is 1. The Morgan fingerprint density at radius 1 is 1.17 bits per heavy atom. The first-order chi connectivity index (χ1) is 17.0. The standard InChI is InChI=1S/C26H29BrN4O4/c1-4-6-12-34-25(32)22-17(3)30-26-28-16-29-31(26)23(22)19-13-20(27)24(21(14-19)33-5-2)35-15-18-10-8-7-9-11-18/h7-11,13-14,16,23H,4-6,12,15H2,1-3H3,(H,28,29,30). The van der Waals surface area contributed by atoms with E-state index in [2.05, 4.69) is 38.3 Å². The Labute approximate surface area is 213 Å². The zero-order valence-electron chi connectivity index (χ0n) is 20.1. The van der Waals surface area contributed by atoms with Crippen LogP contribution >= 0.6 is 15.9 Å². The summed E-state index contributed by atoms with van der Waals surface area (Å²) in [6, 6.07) is 13.2. The summed E-state index contributed by atoms with van der Waals surface area (Å²) in [6.45, 7) is 7.04. The molecule has 0 aliphatic carbocycles. The third kappa shape index (κ3) is 5.51. The molecule has 184 valence electrons. The summed E-state index contributed by atoms with van der Waals surface area (Å²) in [5, 5.41) is 7.56. The Balaban J connectivity index is 1.72. The molecule has 1 N–H and O–H groups in total. The first kappa shape index (κ1) is 24.8. The molecular formula is C26H29BrN4O4. The average Bonchev–Trinajstić information content (AvgIpc) is 3.31. The fourth-order valence-electron chi connectivity index (χ4n) is 3.93. The number of carbonyl (C=O) groups is 1. The number of halogens is 1. The van der Waals surface area contributed by atoms with Gasteiger partial charge in [-0.05, 0) is 59.5 Å². The maximum absolute atomic E-state index is 13.2. The smallest absolute Gasteiger partial charge is 0.338 e. The topological polar surface area (TPSA) is 87.5 Å². The molecule has 1 unspecified atom stereocenters. The molecule has 1 aromatic heterocycles. The van der Waals surface area contributed by atoms with Gasteiger partial charge in [-0.3, -0.25) is 0 Å². The average molecular weight is 541 g/mol. The lowest BCUT2D eigenvalue weighted by molar-refractivity contribution is -0.139. The van der Waals surface area contributed by atoms with Crippen molar-refractivity contribution < 1.29 is 19.0 Å². The van der Waals surface area contributed by atoms with Crippen molar-refractivity contribution in [2.24, 2.45) is 0 Å². The fraction of sp³-hybridized carbons (Fsp3) is 0.346. The van der Waals surface area contributed by atoms with Gasteiger partial charge in [-0.15, -0.1) is 0 Å². The Morgan fingerprint density at radius 2 is 1.97 bits per heavy atom. The summed E-state index contributed by atoms with van der Waals surface area (Å²) >= 11 is 3.66. The Kier molecular flexibility index (Phi) is 8.07. The molecule has 1 atom stereocenters. The molecule has 2 aromatic carbocycles. The van der Waals surface area contributed by atoms with Gasteiger partial charge >= 0.3 is 5.97 Å². The molecule has 3 aromatic rings. The van der Waals surface area contributed by atoms with E-state index in [0.29, 0.717) is 53.0 Å². The first-order valence-corrected chi connectivity index (χ1v) is 12.5. The van der Waals surface area contributed by atoms with Gasteiger partial charge in [-0.25, -0.2) is 9.48 Å². The molecule has 35 heavy (non-hydrogen) atoms. The van der Waals surface area contributed by atoms with E-state index < -0.39 is 6.04 Å². The van der Waals surface area contributed by atoms with Crippen LogP contribution in [0.5, 0.6) is 11.5 Å². The van der Waals surface area contributed by atoms with Crippen molar-refractivity contribution in [2.75, 3.05) is 18.5 Å². The number of rotatable bonds is 10. The van der Waals surface area contributed by atoms with Gasteiger partial charge in [-0.1, -0.05) is 43.7 Å². The summed E-state index contributed by atoms with van der Waals surface area (Å²) in [7, 11) is 0. The number of benzene rings is 2. The van der Waals surface area contributed by atoms with Crippen molar-refractivity contribution in [3.8, 4) is 11.5 Å². The molecule has 0 saturated heterocycles. The Bertz CT molecular complexity index is 1210. The molecule has 0 spiro atoms. The highest BCUT2D eigenvalue weighted by molar-refractivity contribution is 9.10. The zero-order chi connectivity index (χ0) is 24.8. The van der Waals surface area contributed by atoms with Crippen molar-refractivity contribution in [2.45, 2.75) is 46.3 Å². The fourth-order valence-corrected chi connectivity index (χ4v) is 4.50. The van der Waals surface area contributed by atoms with Gasteiger partial charge in [0, 0.05) is 5.70 Å². The van der Waals surface area contributed by atoms with Crippen molar-refractivity contribution >= 4 is 27.8 Å². The molecule has 2 heterocycles. The van der Waals surface area contributed by atoms with E-state index in [4.69, 9.17) is 14.2 Å². The maximum atomic E-state index is 13.2. The van der Waals surface area contributed by atoms with E-state index in [-0.39, 0.29) is 5.97 Å². The SMILES string of the molecule is CCCCOC(=O)C1=C(C)Nc2ncnn2C1c1cc(Br)c(OCc2ccccc2)c(OCC)c1. The highest BCUT2D eigenvalue weighted by atomic mass is 79.9. The van der Waals surface area contributed by atoms with Crippen LogP contribution in [0.25, 0.3) is 0 Å². The third-order valence-electron chi connectivity index (χ3n) is 5.62. The molecule has 0 fully saturated rings. The van der Waals surface area contributed by atoms with E-state index in [1.807, 2.05) is 56.3 Å². The number of unbranched alkanes of at least 4 members (excludes halogenated alkanes) is 1. The monoisotopic (exact) mass is 540 g/mol. The largest absolute Gasteiger partial charge is 0.490 e. The van der Waals surface area contributed by atoms with Crippen LogP contribution < -0.4 is 14.8 Å². The molecular weight excluding hydrogens is 512 g/mol. The summed E-state index contributed by atoms with van der Waals surface area (Å²) in [5.74, 6) is 1.34. The van der Waals surface area contributed by atoms with Gasteiger partial charge in [-0.2, -0.15) is 10.1 Å². The summed E-state index contributed by atoms with van der Waals surface area (Å²) < 4.78 is 20.1. The van der Waals surface area contributed by atoms with E-state index in [0.717, 1.165) is 24.0 Å². The molecule has 1 aliphatic rings. The number of aromatic nitrogens is 3.